The van der Waals surface area contributed by atoms with Gasteiger partial charge >= 0.3 is 0 Å². The molecule has 1 atom stereocenters. The van der Waals surface area contributed by atoms with Gasteiger partial charge < -0.3 is 4.74 Å². The van der Waals surface area contributed by atoms with Gasteiger partial charge in [0.15, 0.2) is 9.84 Å². The Morgan fingerprint density at radius 3 is 2.44 bits per heavy atom. The lowest BCUT2D eigenvalue weighted by Crippen LogP contribution is -2.26. The largest absolute Gasteiger partial charge is 0.467 e. The smallest absolute Gasteiger partial charge is 0.293 e. The van der Waals surface area contributed by atoms with Gasteiger partial charge in [0, 0.05) is 0 Å². The molecule has 0 N–H and O–H groups in total. The number of carbonyl (C=O) groups is 1. The molecule has 4 nitrogen and oxygen atoms in total. The maximum Gasteiger partial charge on any atom is 0.293 e. The first-order valence-electron chi connectivity index (χ1n) is 4.97. The molecule has 0 fully saturated rings. The number of hydrogen-bond acceptors (Lipinski definition) is 4. The molecule has 1 rings (SSSR count). The number of carbonyl (C=O) groups excluding carboxylic acids is 1. The van der Waals surface area contributed by atoms with Crippen molar-refractivity contribution in [3.8, 4) is 0 Å². The SMILES string of the molecule is CCC(COC=O)S(=O)(=O)c1ccccc1. The zero-order valence-corrected chi connectivity index (χ0v) is 9.81. The summed E-state index contributed by atoms with van der Waals surface area (Å²) in [5.41, 5.74) is 0. The first-order chi connectivity index (χ1) is 7.62. The predicted octanol–water partition coefficient (Wildman–Crippen LogP) is 1.41. The molecular formula is C11H14O4S. The van der Waals surface area contributed by atoms with E-state index in [1.54, 1.807) is 37.3 Å². The van der Waals surface area contributed by atoms with Gasteiger partial charge in [0.25, 0.3) is 6.47 Å². The van der Waals surface area contributed by atoms with Crippen LogP contribution in [0.2, 0.25) is 0 Å². The van der Waals surface area contributed by atoms with Crippen LogP contribution in [0.15, 0.2) is 35.2 Å². The van der Waals surface area contributed by atoms with Crippen LogP contribution < -0.4 is 0 Å². The molecule has 0 bridgehead atoms. The minimum Gasteiger partial charge on any atom is -0.467 e. The molecule has 16 heavy (non-hydrogen) atoms. The highest BCUT2D eigenvalue weighted by molar-refractivity contribution is 7.92. The Hall–Kier alpha value is -1.36. The van der Waals surface area contributed by atoms with Gasteiger partial charge in [0.1, 0.15) is 6.61 Å². The van der Waals surface area contributed by atoms with Crippen molar-refractivity contribution >= 4 is 16.3 Å². The van der Waals surface area contributed by atoms with Crippen LogP contribution in [0.1, 0.15) is 13.3 Å². The van der Waals surface area contributed by atoms with Crippen molar-refractivity contribution in [2.24, 2.45) is 0 Å². The average Bonchev–Trinajstić information content (AvgIpc) is 2.31. The van der Waals surface area contributed by atoms with Gasteiger partial charge in [-0.3, -0.25) is 4.79 Å². The van der Waals surface area contributed by atoms with Crippen LogP contribution >= 0.6 is 0 Å². The second kappa shape index (κ2) is 5.65. The van der Waals surface area contributed by atoms with Crippen molar-refractivity contribution < 1.29 is 17.9 Å². The highest BCUT2D eigenvalue weighted by Gasteiger charge is 2.26. The summed E-state index contributed by atoms with van der Waals surface area (Å²) in [6.45, 7) is 1.92. The zero-order valence-electron chi connectivity index (χ0n) is 9.00. The van der Waals surface area contributed by atoms with Crippen molar-refractivity contribution in [2.75, 3.05) is 6.61 Å². The molecule has 0 heterocycles. The van der Waals surface area contributed by atoms with Crippen molar-refractivity contribution in [1.82, 2.24) is 0 Å². The predicted molar refractivity (Wildman–Crippen MR) is 59.7 cm³/mol. The van der Waals surface area contributed by atoms with Crippen molar-refractivity contribution in [1.29, 1.82) is 0 Å². The second-order valence-corrected chi connectivity index (χ2v) is 5.55. The fraction of sp³-hybridized carbons (Fsp3) is 0.364. The van der Waals surface area contributed by atoms with E-state index in [9.17, 15) is 13.2 Å². The lowest BCUT2D eigenvalue weighted by atomic mass is 10.3. The molecule has 1 aromatic carbocycles. The fourth-order valence-corrected chi connectivity index (χ4v) is 2.99. The Labute approximate surface area is 95.2 Å². The number of benzene rings is 1. The van der Waals surface area contributed by atoms with Crippen molar-refractivity contribution in [3.05, 3.63) is 30.3 Å². The number of rotatable bonds is 6. The Morgan fingerprint density at radius 1 is 1.31 bits per heavy atom. The van der Waals surface area contributed by atoms with E-state index in [1.165, 1.54) is 0 Å². The van der Waals surface area contributed by atoms with Gasteiger partial charge in [-0.25, -0.2) is 8.42 Å². The van der Waals surface area contributed by atoms with E-state index < -0.39 is 15.1 Å². The summed E-state index contributed by atoms with van der Waals surface area (Å²) in [6, 6.07) is 8.17. The van der Waals surface area contributed by atoms with Gasteiger partial charge in [-0.15, -0.1) is 0 Å². The summed E-state index contributed by atoms with van der Waals surface area (Å²) < 4.78 is 28.7. The molecule has 0 aliphatic carbocycles. The van der Waals surface area contributed by atoms with E-state index in [4.69, 9.17) is 0 Å². The molecule has 0 saturated heterocycles. The van der Waals surface area contributed by atoms with Gasteiger partial charge in [-0.2, -0.15) is 0 Å². The second-order valence-electron chi connectivity index (χ2n) is 3.32. The summed E-state index contributed by atoms with van der Waals surface area (Å²) >= 11 is 0. The van der Waals surface area contributed by atoms with E-state index in [0.717, 1.165) is 0 Å². The summed E-state index contributed by atoms with van der Waals surface area (Å²) in [5, 5.41) is -0.680. The highest BCUT2D eigenvalue weighted by Crippen LogP contribution is 2.18. The van der Waals surface area contributed by atoms with Gasteiger partial charge in [0.2, 0.25) is 0 Å². The molecule has 0 spiro atoms. The lowest BCUT2D eigenvalue weighted by molar-refractivity contribution is -0.128. The summed E-state index contributed by atoms with van der Waals surface area (Å²) in [7, 11) is -3.41. The molecule has 1 unspecified atom stereocenters. The number of hydrogen-bond donors (Lipinski definition) is 0. The zero-order chi connectivity index (χ0) is 12.0. The molecule has 0 aromatic heterocycles. The molecule has 88 valence electrons. The minimum absolute atomic E-state index is 0.1000. The van der Waals surface area contributed by atoms with Crippen LogP contribution in [0.25, 0.3) is 0 Å². The maximum atomic E-state index is 12.1. The van der Waals surface area contributed by atoms with E-state index >= 15 is 0 Å². The van der Waals surface area contributed by atoms with Gasteiger partial charge in [0.05, 0.1) is 10.1 Å². The van der Waals surface area contributed by atoms with E-state index in [-0.39, 0.29) is 18.0 Å². The first-order valence-corrected chi connectivity index (χ1v) is 6.51. The summed E-state index contributed by atoms with van der Waals surface area (Å²) in [5.74, 6) is 0. The molecule has 0 aliphatic heterocycles. The minimum atomic E-state index is -3.41. The first kappa shape index (κ1) is 12.7. The van der Waals surface area contributed by atoms with Gasteiger partial charge in [-0.1, -0.05) is 25.1 Å². The van der Waals surface area contributed by atoms with Crippen LogP contribution in [0, 0.1) is 0 Å². The number of ether oxygens (including phenoxy) is 1. The fourth-order valence-electron chi connectivity index (χ4n) is 1.38. The third-order valence-corrected chi connectivity index (χ3v) is 4.59. The summed E-state index contributed by atoms with van der Waals surface area (Å²) in [4.78, 5) is 10.3. The standard InChI is InChI=1S/C11H14O4S/c1-2-10(8-15-9-12)16(13,14)11-6-4-3-5-7-11/h3-7,9-10H,2,8H2,1H3. The lowest BCUT2D eigenvalue weighted by Gasteiger charge is -2.14. The number of sulfone groups is 1. The Balaban J connectivity index is 2.95. The highest BCUT2D eigenvalue weighted by atomic mass is 32.2. The van der Waals surface area contributed by atoms with Crippen LogP contribution in [0.4, 0.5) is 0 Å². The van der Waals surface area contributed by atoms with Crippen molar-refractivity contribution in [2.45, 2.75) is 23.5 Å². The van der Waals surface area contributed by atoms with E-state index in [1.807, 2.05) is 0 Å². The van der Waals surface area contributed by atoms with Crippen LogP contribution in [0.5, 0.6) is 0 Å². The third kappa shape index (κ3) is 2.82. The van der Waals surface area contributed by atoms with E-state index in [2.05, 4.69) is 4.74 Å². The molecule has 0 saturated carbocycles. The quantitative estimate of drug-likeness (QED) is 0.708. The Morgan fingerprint density at radius 2 is 1.94 bits per heavy atom. The topological polar surface area (TPSA) is 60.4 Å². The van der Waals surface area contributed by atoms with Gasteiger partial charge in [-0.05, 0) is 18.6 Å². The van der Waals surface area contributed by atoms with E-state index in [0.29, 0.717) is 6.42 Å². The Bertz CT molecular complexity index is 425. The average molecular weight is 242 g/mol. The Kier molecular flexibility index (Phi) is 4.49. The molecule has 1 aromatic rings. The maximum absolute atomic E-state index is 12.1. The molecule has 0 amide bonds. The molecular weight excluding hydrogens is 228 g/mol. The molecule has 0 aliphatic rings. The third-order valence-electron chi connectivity index (χ3n) is 2.32. The van der Waals surface area contributed by atoms with Crippen molar-refractivity contribution in [3.63, 3.8) is 0 Å². The van der Waals surface area contributed by atoms with Crippen LogP contribution in [0.3, 0.4) is 0 Å². The van der Waals surface area contributed by atoms with Crippen LogP contribution in [-0.4, -0.2) is 26.7 Å². The normalized spacial score (nSPS) is 13.1. The summed E-state index contributed by atoms with van der Waals surface area (Å²) in [6.07, 6.45) is 0.408. The molecule has 5 heteroatoms. The monoisotopic (exact) mass is 242 g/mol. The molecule has 0 radical (unpaired) electrons. The van der Waals surface area contributed by atoms with Crippen LogP contribution in [-0.2, 0) is 19.4 Å².